The van der Waals surface area contributed by atoms with E-state index in [0.29, 0.717) is 18.7 Å². The van der Waals surface area contributed by atoms with Gasteiger partial charge in [0.15, 0.2) is 0 Å². The molecular weight excluding hydrogens is 211 g/mol. The monoisotopic (exact) mass is 226 g/mol. The van der Waals surface area contributed by atoms with Crippen molar-refractivity contribution in [2.24, 2.45) is 5.73 Å². The molecule has 16 heavy (non-hydrogen) atoms. The molecule has 1 aromatic carbocycles. The molecule has 1 rings (SSSR count). The van der Waals surface area contributed by atoms with E-state index in [9.17, 15) is 9.18 Å². The summed E-state index contributed by atoms with van der Waals surface area (Å²) in [6.07, 6.45) is 0. The van der Waals surface area contributed by atoms with Crippen molar-refractivity contribution in [1.29, 1.82) is 0 Å². The van der Waals surface area contributed by atoms with Crippen LogP contribution in [0.15, 0.2) is 18.2 Å². The molecule has 0 aliphatic heterocycles. The SMILES string of the molecule is CNCCOCc1cc(C(N)=O)ccc1F. The molecule has 0 spiro atoms. The van der Waals surface area contributed by atoms with Crippen molar-refractivity contribution in [3.05, 3.63) is 35.1 Å². The quantitative estimate of drug-likeness (QED) is 0.700. The van der Waals surface area contributed by atoms with Gasteiger partial charge < -0.3 is 15.8 Å². The maximum absolute atomic E-state index is 13.3. The van der Waals surface area contributed by atoms with Crippen LogP contribution >= 0.6 is 0 Å². The van der Waals surface area contributed by atoms with E-state index in [1.54, 1.807) is 7.05 Å². The number of benzene rings is 1. The summed E-state index contributed by atoms with van der Waals surface area (Å²) in [4.78, 5) is 10.9. The van der Waals surface area contributed by atoms with Crippen LogP contribution in [0.3, 0.4) is 0 Å². The maximum Gasteiger partial charge on any atom is 0.248 e. The first-order chi connectivity index (χ1) is 7.65. The van der Waals surface area contributed by atoms with Crippen molar-refractivity contribution < 1.29 is 13.9 Å². The topological polar surface area (TPSA) is 64.3 Å². The highest BCUT2D eigenvalue weighted by molar-refractivity contribution is 5.92. The van der Waals surface area contributed by atoms with Gasteiger partial charge in [-0.3, -0.25) is 4.79 Å². The zero-order chi connectivity index (χ0) is 12.0. The molecule has 0 heterocycles. The molecule has 0 aromatic heterocycles. The molecule has 88 valence electrons. The lowest BCUT2D eigenvalue weighted by Crippen LogP contribution is -2.15. The summed E-state index contributed by atoms with van der Waals surface area (Å²) in [6, 6.07) is 3.99. The van der Waals surface area contributed by atoms with Crippen LogP contribution in [0.2, 0.25) is 0 Å². The van der Waals surface area contributed by atoms with Crippen LogP contribution in [0.1, 0.15) is 15.9 Å². The van der Waals surface area contributed by atoms with E-state index in [1.807, 2.05) is 0 Å². The number of ether oxygens (including phenoxy) is 1. The number of hydrogen-bond acceptors (Lipinski definition) is 3. The molecule has 0 atom stereocenters. The highest BCUT2D eigenvalue weighted by Gasteiger charge is 2.06. The number of primary amides is 1. The van der Waals surface area contributed by atoms with Gasteiger partial charge >= 0.3 is 0 Å². The molecule has 5 heteroatoms. The van der Waals surface area contributed by atoms with Crippen LogP contribution in [0.25, 0.3) is 0 Å². The normalized spacial score (nSPS) is 10.4. The van der Waals surface area contributed by atoms with E-state index in [1.165, 1.54) is 18.2 Å². The molecule has 0 bridgehead atoms. The highest BCUT2D eigenvalue weighted by Crippen LogP contribution is 2.11. The summed E-state index contributed by atoms with van der Waals surface area (Å²) in [7, 11) is 1.80. The van der Waals surface area contributed by atoms with Crippen LogP contribution in [0.4, 0.5) is 4.39 Å². The third-order valence-electron chi connectivity index (χ3n) is 2.08. The Kier molecular flexibility index (Phi) is 4.88. The van der Waals surface area contributed by atoms with Gasteiger partial charge in [0.05, 0.1) is 13.2 Å². The summed E-state index contributed by atoms with van der Waals surface area (Å²) in [5.41, 5.74) is 5.72. The molecule has 4 nitrogen and oxygen atoms in total. The first-order valence-electron chi connectivity index (χ1n) is 4.95. The van der Waals surface area contributed by atoms with Gasteiger partial charge in [0, 0.05) is 17.7 Å². The summed E-state index contributed by atoms with van der Waals surface area (Å²) in [5.74, 6) is -0.967. The Hall–Kier alpha value is -1.46. The van der Waals surface area contributed by atoms with Gasteiger partial charge in [-0.05, 0) is 25.2 Å². The van der Waals surface area contributed by atoms with Crippen LogP contribution in [0, 0.1) is 5.82 Å². The van der Waals surface area contributed by atoms with Crippen LogP contribution in [0.5, 0.6) is 0 Å². The lowest BCUT2D eigenvalue weighted by molar-refractivity contribution is 0.0999. The van der Waals surface area contributed by atoms with Crippen LogP contribution < -0.4 is 11.1 Å². The standard InChI is InChI=1S/C11H15FN2O2/c1-14-4-5-16-7-9-6-8(11(13)15)2-3-10(9)12/h2-3,6,14H,4-5,7H2,1H3,(H2,13,15). The van der Waals surface area contributed by atoms with Crippen LogP contribution in [-0.4, -0.2) is 26.1 Å². The van der Waals surface area contributed by atoms with Crippen molar-refractivity contribution in [3.63, 3.8) is 0 Å². The predicted molar refractivity (Wildman–Crippen MR) is 58.5 cm³/mol. The Morgan fingerprint density at radius 2 is 2.31 bits per heavy atom. The number of nitrogens with two attached hydrogens (primary N) is 1. The smallest absolute Gasteiger partial charge is 0.248 e. The summed E-state index contributed by atoms with van der Waals surface area (Å²) < 4.78 is 18.5. The van der Waals surface area contributed by atoms with Crippen molar-refractivity contribution in [1.82, 2.24) is 5.32 Å². The molecule has 3 N–H and O–H groups in total. The fourth-order valence-electron chi connectivity index (χ4n) is 1.19. The Balaban J connectivity index is 2.63. The molecule has 0 aliphatic carbocycles. The van der Waals surface area contributed by atoms with E-state index in [0.717, 1.165) is 0 Å². The van der Waals surface area contributed by atoms with Crippen molar-refractivity contribution in [2.75, 3.05) is 20.2 Å². The molecule has 0 radical (unpaired) electrons. The summed E-state index contributed by atoms with van der Waals surface area (Å²) >= 11 is 0. The third-order valence-corrected chi connectivity index (χ3v) is 2.08. The Morgan fingerprint density at radius 1 is 1.56 bits per heavy atom. The Labute approximate surface area is 93.6 Å². The zero-order valence-electron chi connectivity index (χ0n) is 9.13. The van der Waals surface area contributed by atoms with E-state index in [2.05, 4.69) is 5.32 Å². The average molecular weight is 226 g/mol. The molecule has 0 unspecified atom stereocenters. The van der Waals surface area contributed by atoms with Gasteiger partial charge in [-0.2, -0.15) is 0 Å². The second-order valence-electron chi connectivity index (χ2n) is 3.33. The third kappa shape index (κ3) is 3.60. The summed E-state index contributed by atoms with van der Waals surface area (Å²) in [6.45, 7) is 1.31. The predicted octanol–water partition coefficient (Wildman–Crippen LogP) is 0.661. The number of amides is 1. The van der Waals surface area contributed by atoms with Crippen molar-refractivity contribution >= 4 is 5.91 Å². The molecule has 0 aliphatic rings. The molecule has 1 amide bonds. The second kappa shape index (κ2) is 6.19. The van der Waals surface area contributed by atoms with Gasteiger partial charge in [-0.1, -0.05) is 0 Å². The summed E-state index contributed by atoms with van der Waals surface area (Å²) in [5, 5.41) is 2.91. The Morgan fingerprint density at radius 3 is 2.94 bits per heavy atom. The lowest BCUT2D eigenvalue weighted by Gasteiger charge is -2.06. The minimum absolute atomic E-state index is 0.134. The largest absolute Gasteiger partial charge is 0.375 e. The minimum Gasteiger partial charge on any atom is -0.375 e. The van der Waals surface area contributed by atoms with Gasteiger partial charge in [-0.15, -0.1) is 0 Å². The van der Waals surface area contributed by atoms with Crippen LogP contribution in [-0.2, 0) is 11.3 Å². The molecular formula is C11H15FN2O2. The average Bonchev–Trinajstić information content (AvgIpc) is 2.26. The van der Waals surface area contributed by atoms with Gasteiger partial charge in [0.1, 0.15) is 5.82 Å². The fraction of sp³-hybridized carbons (Fsp3) is 0.364. The number of likely N-dealkylation sites (N-methyl/N-ethyl adjacent to an activating group) is 1. The maximum atomic E-state index is 13.3. The molecule has 0 saturated heterocycles. The van der Waals surface area contributed by atoms with E-state index < -0.39 is 11.7 Å². The van der Waals surface area contributed by atoms with E-state index in [-0.39, 0.29) is 12.2 Å². The fourth-order valence-corrected chi connectivity index (χ4v) is 1.19. The zero-order valence-corrected chi connectivity index (χ0v) is 9.13. The highest BCUT2D eigenvalue weighted by atomic mass is 19.1. The van der Waals surface area contributed by atoms with Crippen molar-refractivity contribution in [2.45, 2.75) is 6.61 Å². The van der Waals surface area contributed by atoms with E-state index in [4.69, 9.17) is 10.5 Å². The number of rotatable bonds is 6. The molecule has 1 aromatic rings. The molecule has 0 saturated carbocycles. The van der Waals surface area contributed by atoms with Gasteiger partial charge in [0.2, 0.25) is 5.91 Å². The van der Waals surface area contributed by atoms with Crippen molar-refractivity contribution in [3.8, 4) is 0 Å². The second-order valence-corrected chi connectivity index (χ2v) is 3.33. The number of nitrogens with one attached hydrogen (secondary N) is 1. The number of carbonyl (C=O) groups is 1. The van der Waals surface area contributed by atoms with Gasteiger partial charge in [-0.25, -0.2) is 4.39 Å². The number of carbonyl (C=O) groups excluding carboxylic acids is 1. The molecule has 0 fully saturated rings. The van der Waals surface area contributed by atoms with E-state index >= 15 is 0 Å². The van der Waals surface area contributed by atoms with Gasteiger partial charge in [0.25, 0.3) is 0 Å². The minimum atomic E-state index is -0.573. The first-order valence-corrected chi connectivity index (χ1v) is 4.95. The lowest BCUT2D eigenvalue weighted by atomic mass is 10.1. The Bertz CT molecular complexity index is 369. The number of hydrogen-bond donors (Lipinski definition) is 2. The first kappa shape index (κ1) is 12.6. The number of halogens is 1.